The molecule has 0 bridgehead atoms. The molecule has 1 atom stereocenters. The second-order valence-corrected chi connectivity index (χ2v) is 4.90. The number of carbonyl (C=O) groups is 1. The Morgan fingerprint density at radius 3 is 3.19 bits per heavy atom. The molecule has 16 heavy (non-hydrogen) atoms. The topological polar surface area (TPSA) is 30.2 Å². The molecule has 1 aliphatic carbocycles. The molecular formula is C13H10O2S. The maximum Gasteiger partial charge on any atom is 0.196 e. The van der Waals surface area contributed by atoms with Gasteiger partial charge in [-0.1, -0.05) is 18.2 Å². The highest BCUT2D eigenvalue weighted by Gasteiger charge is 2.32. The number of Topliss-reactive ketones (excluding diaryl/α,β-unsaturated/α-hetero) is 1. The van der Waals surface area contributed by atoms with E-state index in [4.69, 9.17) is 4.42 Å². The van der Waals surface area contributed by atoms with Crippen molar-refractivity contribution in [1.82, 2.24) is 0 Å². The van der Waals surface area contributed by atoms with E-state index in [9.17, 15) is 4.79 Å². The Morgan fingerprint density at radius 2 is 2.44 bits per heavy atom. The third-order valence-electron chi connectivity index (χ3n) is 2.65. The zero-order chi connectivity index (χ0) is 11.0. The van der Waals surface area contributed by atoms with E-state index in [2.05, 4.69) is 12.2 Å². The van der Waals surface area contributed by atoms with E-state index in [-0.39, 0.29) is 11.0 Å². The van der Waals surface area contributed by atoms with E-state index in [0.717, 1.165) is 22.7 Å². The highest BCUT2D eigenvalue weighted by Crippen LogP contribution is 2.41. The first-order valence-electron chi connectivity index (χ1n) is 5.18. The fraction of sp³-hybridized carbons (Fsp3) is 0.154. The van der Waals surface area contributed by atoms with Crippen LogP contribution < -0.4 is 0 Å². The third kappa shape index (κ3) is 1.57. The number of allylic oxidation sites excluding steroid dienone is 3. The summed E-state index contributed by atoms with van der Waals surface area (Å²) in [5.74, 6) is 0.884. The van der Waals surface area contributed by atoms with Gasteiger partial charge in [0, 0.05) is 5.57 Å². The van der Waals surface area contributed by atoms with Crippen LogP contribution in [0.3, 0.4) is 0 Å². The van der Waals surface area contributed by atoms with Crippen LogP contribution in [0, 0.1) is 0 Å². The predicted molar refractivity (Wildman–Crippen MR) is 64.9 cm³/mol. The second-order valence-electron chi connectivity index (χ2n) is 3.71. The average Bonchev–Trinajstić information content (AvgIpc) is 2.90. The molecular weight excluding hydrogens is 220 g/mol. The Morgan fingerprint density at radius 1 is 1.50 bits per heavy atom. The summed E-state index contributed by atoms with van der Waals surface area (Å²) in [5, 5.41) is 0.211. The zero-order valence-corrected chi connectivity index (χ0v) is 9.37. The van der Waals surface area contributed by atoms with Gasteiger partial charge in [-0.2, -0.15) is 0 Å². The lowest BCUT2D eigenvalue weighted by molar-refractivity contribution is -0.111. The van der Waals surface area contributed by atoms with Crippen molar-refractivity contribution in [3.63, 3.8) is 0 Å². The van der Waals surface area contributed by atoms with Crippen LogP contribution in [0.2, 0.25) is 0 Å². The first kappa shape index (κ1) is 9.73. The van der Waals surface area contributed by atoms with E-state index in [1.54, 1.807) is 18.0 Å². The molecule has 80 valence electrons. The van der Waals surface area contributed by atoms with Gasteiger partial charge < -0.3 is 4.42 Å². The average molecular weight is 230 g/mol. The Balaban J connectivity index is 1.95. The second kappa shape index (κ2) is 3.83. The quantitative estimate of drug-likeness (QED) is 0.548. The molecule has 0 aromatic carbocycles. The highest BCUT2D eigenvalue weighted by atomic mass is 32.2. The van der Waals surface area contributed by atoms with E-state index < -0.39 is 0 Å². The van der Waals surface area contributed by atoms with Gasteiger partial charge in [-0.05, 0) is 24.6 Å². The molecule has 0 radical (unpaired) electrons. The lowest BCUT2D eigenvalue weighted by Crippen LogP contribution is -2.05. The molecule has 1 aliphatic heterocycles. The van der Waals surface area contributed by atoms with Gasteiger partial charge in [-0.3, -0.25) is 4.79 Å². The van der Waals surface area contributed by atoms with Gasteiger partial charge >= 0.3 is 0 Å². The molecule has 0 N–H and O–H groups in total. The molecule has 2 heterocycles. The van der Waals surface area contributed by atoms with Crippen LogP contribution in [0.4, 0.5) is 0 Å². The fourth-order valence-electron chi connectivity index (χ4n) is 1.88. The van der Waals surface area contributed by atoms with Crippen molar-refractivity contribution in [3.05, 3.63) is 52.9 Å². The van der Waals surface area contributed by atoms with Crippen LogP contribution in [0.25, 0.3) is 6.08 Å². The highest BCUT2D eigenvalue weighted by molar-refractivity contribution is 8.05. The van der Waals surface area contributed by atoms with Gasteiger partial charge in [0.1, 0.15) is 5.76 Å². The van der Waals surface area contributed by atoms with E-state index >= 15 is 0 Å². The van der Waals surface area contributed by atoms with Crippen molar-refractivity contribution < 1.29 is 9.21 Å². The van der Waals surface area contributed by atoms with E-state index in [1.165, 1.54) is 0 Å². The van der Waals surface area contributed by atoms with Crippen LogP contribution >= 0.6 is 11.8 Å². The summed E-state index contributed by atoms with van der Waals surface area (Å²) in [6, 6.07) is 3.68. The molecule has 0 saturated carbocycles. The van der Waals surface area contributed by atoms with Crippen molar-refractivity contribution in [2.45, 2.75) is 11.7 Å². The molecule has 1 unspecified atom stereocenters. The van der Waals surface area contributed by atoms with Crippen LogP contribution in [0.5, 0.6) is 0 Å². The molecule has 2 nitrogen and oxygen atoms in total. The lowest BCUT2D eigenvalue weighted by atomic mass is 10.0. The minimum absolute atomic E-state index is 0.149. The molecule has 3 rings (SSSR count). The Hall–Kier alpha value is -1.48. The number of hydrogen-bond donors (Lipinski definition) is 0. The minimum Gasteiger partial charge on any atom is -0.465 e. The fourth-order valence-corrected chi connectivity index (χ4v) is 3.08. The summed E-state index contributed by atoms with van der Waals surface area (Å²) >= 11 is 1.60. The molecule has 1 aromatic heterocycles. The van der Waals surface area contributed by atoms with Crippen molar-refractivity contribution in [2.24, 2.45) is 0 Å². The lowest BCUT2D eigenvalue weighted by Gasteiger charge is -2.06. The van der Waals surface area contributed by atoms with Crippen molar-refractivity contribution in [2.75, 3.05) is 0 Å². The Kier molecular flexibility index (Phi) is 2.33. The number of hydrogen-bond acceptors (Lipinski definition) is 3. The van der Waals surface area contributed by atoms with Crippen molar-refractivity contribution in [3.8, 4) is 0 Å². The minimum atomic E-state index is 0.149. The summed E-state index contributed by atoms with van der Waals surface area (Å²) in [6.45, 7) is 0. The molecule has 1 aromatic rings. The first-order chi connectivity index (χ1) is 7.84. The Bertz CT molecular complexity index is 506. The van der Waals surface area contributed by atoms with Gasteiger partial charge in [0.25, 0.3) is 0 Å². The SMILES string of the molecule is O=C1C2=CCC=CC2S/C1=C/c1ccco1. The van der Waals surface area contributed by atoms with E-state index in [0.29, 0.717) is 0 Å². The molecule has 1 saturated heterocycles. The van der Waals surface area contributed by atoms with Gasteiger partial charge in [-0.15, -0.1) is 11.8 Å². The number of thioether (sulfide) groups is 1. The largest absolute Gasteiger partial charge is 0.465 e. The van der Waals surface area contributed by atoms with Gasteiger partial charge in [0.05, 0.1) is 16.4 Å². The van der Waals surface area contributed by atoms with Crippen molar-refractivity contribution >= 4 is 23.6 Å². The standard InChI is InChI=1S/C13H10O2S/c14-13-10-5-1-2-6-11(10)16-12(13)8-9-4-3-7-15-9/h2-8,11H,1H2/b12-8+. The van der Waals surface area contributed by atoms with Gasteiger partial charge in [0.2, 0.25) is 0 Å². The monoisotopic (exact) mass is 230 g/mol. The number of rotatable bonds is 1. The molecule has 3 heteroatoms. The summed E-state index contributed by atoms with van der Waals surface area (Å²) in [7, 11) is 0. The molecule has 0 amide bonds. The third-order valence-corrected chi connectivity index (χ3v) is 3.87. The summed E-state index contributed by atoms with van der Waals surface area (Å²) < 4.78 is 5.22. The van der Waals surface area contributed by atoms with Crippen LogP contribution in [-0.2, 0) is 4.79 Å². The Labute approximate surface area is 97.7 Å². The van der Waals surface area contributed by atoms with Crippen LogP contribution in [0.1, 0.15) is 12.2 Å². The summed E-state index contributed by atoms with van der Waals surface area (Å²) in [5.41, 5.74) is 0.922. The maximum atomic E-state index is 12.0. The van der Waals surface area contributed by atoms with E-state index in [1.807, 2.05) is 24.3 Å². The summed E-state index contributed by atoms with van der Waals surface area (Å²) in [4.78, 5) is 12.8. The number of furan rings is 1. The van der Waals surface area contributed by atoms with Gasteiger partial charge in [-0.25, -0.2) is 0 Å². The smallest absolute Gasteiger partial charge is 0.196 e. The molecule has 1 fully saturated rings. The van der Waals surface area contributed by atoms with Crippen molar-refractivity contribution in [1.29, 1.82) is 0 Å². The van der Waals surface area contributed by atoms with Gasteiger partial charge in [0.15, 0.2) is 5.78 Å². The predicted octanol–water partition coefficient (Wildman–Crippen LogP) is 3.19. The maximum absolute atomic E-state index is 12.0. The zero-order valence-electron chi connectivity index (χ0n) is 8.55. The normalized spacial score (nSPS) is 26.0. The molecule has 0 spiro atoms. The first-order valence-corrected chi connectivity index (χ1v) is 6.06. The van der Waals surface area contributed by atoms with Crippen LogP contribution in [0.15, 0.2) is 51.5 Å². The molecule has 2 aliphatic rings. The number of carbonyl (C=O) groups excluding carboxylic acids is 1. The number of ketones is 1. The number of fused-ring (bicyclic) bond motifs is 1. The van der Waals surface area contributed by atoms with Crippen LogP contribution in [-0.4, -0.2) is 11.0 Å². The summed E-state index contributed by atoms with van der Waals surface area (Å²) in [6.07, 6.45) is 10.5.